The zero-order valence-electron chi connectivity index (χ0n) is 15.6. The lowest BCUT2D eigenvalue weighted by atomic mass is 9.78. The Morgan fingerprint density at radius 1 is 1.25 bits per heavy atom. The van der Waals surface area contributed by atoms with E-state index in [-0.39, 0.29) is 29.4 Å². The van der Waals surface area contributed by atoms with Crippen LogP contribution in [-0.4, -0.2) is 29.1 Å². The van der Waals surface area contributed by atoms with Crippen molar-refractivity contribution >= 4 is 51.4 Å². The fourth-order valence-corrected chi connectivity index (χ4v) is 4.78. The van der Waals surface area contributed by atoms with Crippen LogP contribution in [0.15, 0.2) is 24.3 Å². The van der Waals surface area contributed by atoms with Gasteiger partial charge in [-0.2, -0.15) is 0 Å². The molecule has 0 spiro atoms. The number of thiazole rings is 1. The number of rotatable bonds is 3. The van der Waals surface area contributed by atoms with Gasteiger partial charge in [-0.25, -0.2) is 4.98 Å². The van der Waals surface area contributed by atoms with E-state index in [1.54, 1.807) is 29.2 Å². The molecule has 2 amide bonds. The summed E-state index contributed by atoms with van der Waals surface area (Å²) in [6.07, 6.45) is 1.35. The number of hydrogen-bond donors (Lipinski definition) is 1. The summed E-state index contributed by atoms with van der Waals surface area (Å²) >= 11 is 7.12. The molecule has 1 saturated heterocycles. The lowest BCUT2D eigenvalue weighted by Gasteiger charge is -2.26. The monoisotopic (exact) mass is 417 g/mol. The molecule has 0 saturated carbocycles. The molecule has 0 bridgehead atoms. The van der Waals surface area contributed by atoms with Gasteiger partial charge in [0.05, 0.1) is 16.5 Å². The molecule has 2 heterocycles. The first kappa shape index (κ1) is 19.1. The summed E-state index contributed by atoms with van der Waals surface area (Å²) in [5.74, 6) is -0.731. The normalized spacial score (nSPS) is 21.0. The Labute approximate surface area is 171 Å². The molecular formula is C20H20ClN3O3S. The second-order valence-corrected chi connectivity index (χ2v) is 9.54. The molecule has 1 aromatic carbocycles. The van der Waals surface area contributed by atoms with Gasteiger partial charge < -0.3 is 10.2 Å². The Kier molecular flexibility index (Phi) is 4.75. The highest BCUT2D eigenvalue weighted by molar-refractivity contribution is 7.17. The molecule has 1 aliphatic carbocycles. The number of aromatic nitrogens is 1. The Bertz CT molecular complexity index is 968. The third-order valence-electron chi connectivity index (χ3n) is 5.10. The summed E-state index contributed by atoms with van der Waals surface area (Å²) in [5, 5.41) is 3.83. The zero-order chi connectivity index (χ0) is 20.1. The van der Waals surface area contributed by atoms with Crippen molar-refractivity contribution in [3.63, 3.8) is 0 Å². The molecular weight excluding hydrogens is 398 g/mol. The van der Waals surface area contributed by atoms with Crippen molar-refractivity contribution < 1.29 is 14.4 Å². The minimum Gasteiger partial charge on any atom is -0.312 e. The number of nitrogens with zero attached hydrogens (tertiary/aromatic N) is 2. The smallest absolute Gasteiger partial charge is 0.231 e. The van der Waals surface area contributed by atoms with Crippen LogP contribution in [0, 0.1) is 11.3 Å². The van der Waals surface area contributed by atoms with Gasteiger partial charge in [0.2, 0.25) is 11.8 Å². The summed E-state index contributed by atoms with van der Waals surface area (Å²) in [4.78, 5) is 44.1. The average molecular weight is 418 g/mol. The molecule has 2 aromatic rings. The quantitative estimate of drug-likeness (QED) is 0.820. The third-order valence-corrected chi connectivity index (χ3v) is 6.41. The van der Waals surface area contributed by atoms with Crippen molar-refractivity contribution in [2.75, 3.05) is 16.8 Å². The molecule has 1 N–H and O–H groups in total. The Morgan fingerprint density at radius 3 is 2.68 bits per heavy atom. The van der Waals surface area contributed by atoms with Crippen molar-refractivity contribution in [1.29, 1.82) is 0 Å². The third kappa shape index (κ3) is 3.69. The van der Waals surface area contributed by atoms with E-state index in [0.717, 1.165) is 11.4 Å². The molecule has 1 unspecified atom stereocenters. The highest BCUT2D eigenvalue weighted by Gasteiger charge is 2.37. The van der Waals surface area contributed by atoms with Gasteiger partial charge in [-0.1, -0.05) is 36.8 Å². The van der Waals surface area contributed by atoms with Gasteiger partial charge in [0.15, 0.2) is 10.9 Å². The van der Waals surface area contributed by atoms with Crippen LogP contribution < -0.4 is 10.2 Å². The lowest BCUT2D eigenvalue weighted by molar-refractivity contribution is -0.122. The SMILES string of the molecule is CC1(C)CC(=O)c2sc(NC(=O)C3CC(=O)N(c4ccc(Cl)cc4)C3)nc2C1. The predicted octanol–water partition coefficient (Wildman–Crippen LogP) is 3.94. The number of ketones is 1. The molecule has 1 aliphatic heterocycles. The van der Waals surface area contributed by atoms with Gasteiger partial charge in [-0.3, -0.25) is 14.4 Å². The topological polar surface area (TPSA) is 79.4 Å². The molecule has 4 rings (SSSR count). The van der Waals surface area contributed by atoms with Gasteiger partial charge in [0, 0.05) is 30.1 Å². The number of carbonyl (C=O) groups is 3. The predicted molar refractivity (Wildman–Crippen MR) is 109 cm³/mol. The van der Waals surface area contributed by atoms with E-state index in [1.165, 1.54) is 11.3 Å². The van der Waals surface area contributed by atoms with Crippen molar-refractivity contribution in [1.82, 2.24) is 4.98 Å². The summed E-state index contributed by atoms with van der Waals surface area (Å²) in [7, 11) is 0. The van der Waals surface area contributed by atoms with Crippen LogP contribution in [0.4, 0.5) is 10.8 Å². The van der Waals surface area contributed by atoms with E-state index < -0.39 is 5.92 Å². The van der Waals surface area contributed by atoms with Crippen molar-refractivity contribution in [2.45, 2.75) is 33.1 Å². The Morgan fingerprint density at radius 2 is 1.96 bits per heavy atom. The van der Waals surface area contributed by atoms with E-state index >= 15 is 0 Å². The molecule has 0 radical (unpaired) electrons. The number of nitrogens with one attached hydrogen (secondary N) is 1. The number of halogens is 1. The fourth-order valence-electron chi connectivity index (χ4n) is 3.73. The van der Waals surface area contributed by atoms with Gasteiger partial charge in [-0.15, -0.1) is 0 Å². The summed E-state index contributed by atoms with van der Waals surface area (Å²) in [5.41, 5.74) is 1.37. The number of carbonyl (C=O) groups excluding carboxylic acids is 3. The molecule has 146 valence electrons. The Hall–Kier alpha value is -2.25. The lowest BCUT2D eigenvalue weighted by Crippen LogP contribution is -2.28. The largest absolute Gasteiger partial charge is 0.312 e. The van der Waals surface area contributed by atoms with Crippen LogP contribution in [0.1, 0.15) is 42.1 Å². The van der Waals surface area contributed by atoms with E-state index in [4.69, 9.17) is 11.6 Å². The summed E-state index contributed by atoms with van der Waals surface area (Å²) in [6, 6.07) is 6.97. The first-order valence-corrected chi connectivity index (χ1v) is 10.3. The average Bonchev–Trinajstić information content (AvgIpc) is 3.18. The van der Waals surface area contributed by atoms with Crippen LogP contribution in [0.25, 0.3) is 0 Å². The standard InChI is InChI=1S/C20H20ClN3O3S/c1-20(2)8-14-17(15(25)9-20)28-19(22-14)23-18(27)11-7-16(26)24(10-11)13-5-3-12(21)4-6-13/h3-6,11H,7-10H2,1-2H3,(H,22,23,27). The van der Waals surface area contributed by atoms with Crippen LogP contribution in [-0.2, 0) is 16.0 Å². The maximum absolute atomic E-state index is 12.7. The zero-order valence-corrected chi connectivity index (χ0v) is 17.2. The first-order valence-electron chi connectivity index (χ1n) is 9.11. The van der Waals surface area contributed by atoms with E-state index in [2.05, 4.69) is 10.3 Å². The number of anilines is 2. The molecule has 28 heavy (non-hydrogen) atoms. The first-order chi connectivity index (χ1) is 13.2. The molecule has 6 nitrogen and oxygen atoms in total. The molecule has 8 heteroatoms. The van der Waals surface area contributed by atoms with Crippen LogP contribution in [0.2, 0.25) is 5.02 Å². The van der Waals surface area contributed by atoms with Gasteiger partial charge in [0.25, 0.3) is 0 Å². The summed E-state index contributed by atoms with van der Waals surface area (Å²) < 4.78 is 0. The number of hydrogen-bond acceptors (Lipinski definition) is 5. The van der Waals surface area contributed by atoms with Crippen molar-refractivity contribution in [3.8, 4) is 0 Å². The highest BCUT2D eigenvalue weighted by Crippen LogP contribution is 2.38. The maximum atomic E-state index is 12.7. The maximum Gasteiger partial charge on any atom is 0.231 e. The molecule has 1 atom stereocenters. The Balaban J connectivity index is 1.46. The number of benzene rings is 1. The molecule has 1 aromatic heterocycles. The fraction of sp³-hybridized carbons (Fsp3) is 0.400. The molecule has 2 aliphatic rings. The second-order valence-electron chi connectivity index (χ2n) is 8.11. The second kappa shape index (κ2) is 6.97. The van der Waals surface area contributed by atoms with Gasteiger partial charge in [0.1, 0.15) is 0 Å². The van der Waals surface area contributed by atoms with Crippen LogP contribution in [0.5, 0.6) is 0 Å². The van der Waals surface area contributed by atoms with Crippen molar-refractivity contribution in [2.24, 2.45) is 11.3 Å². The van der Waals surface area contributed by atoms with E-state index in [1.807, 2.05) is 13.8 Å². The van der Waals surface area contributed by atoms with E-state index in [9.17, 15) is 14.4 Å². The number of Topliss-reactive ketones (excluding diaryl/α,β-unsaturated/α-hetero) is 1. The summed E-state index contributed by atoms with van der Waals surface area (Å²) in [6.45, 7) is 4.39. The van der Waals surface area contributed by atoms with Gasteiger partial charge >= 0.3 is 0 Å². The minimum atomic E-state index is -0.462. The minimum absolute atomic E-state index is 0.0780. The van der Waals surface area contributed by atoms with Crippen LogP contribution in [0.3, 0.4) is 0 Å². The van der Waals surface area contributed by atoms with Crippen molar-refractivity contribution in [3.05, 3.63) is 39.9 Å². The highest BCUT2D eigenvalue weighted by atomic mass is 35.5. The van der Waals surface area contributed by atoms with Gasteiger partial charge in [-0.05, 0) is 36.1 Å². The number of amides is 2. The van der Waals surface area contributed by atoms with E-state index in [0.29, 0.717) is 34.4 Å². The van der Waals surface area contributed by atoms with Crippen LogP contribution >= 0.6 is 22.9 Å². The number of fused-ring (bicyclic) bond motifs is 1. The molecule has 1 fully saturated rings.